The van der Waals surface area contributed by atoms with Crippen LogP contribution in [0.4, 0.5) is 0 Å². The highest BCUT2D eigenvalue weighted by Crippen LogP contribution is 2.39. The maximum absolute atomic E-state index is 12.4. The topological polar surface area (TPSA) is 54.5 Å². The Morgan fingerprint density at radius 3 is 2.68 bits per heavy atom. The quantitative estimate of drug-likeness (QED) is 0.787. The van der Waals surface area contributed by atoms with Crippen LogP contribution in [0.3, 0.4) is 0 Å². The van der Waals surface area contributed by atoms with Gasteiger partial charge in [0.15, 0.2) is 0 Å². The van der Waals surface area contributed by atoms with Gasteiger partial charge in [0.25, 0.3) is 15.0 Å². The number of fused-ring (bicyclic) bond motifs is 2. The number of carbonyl (C=O) groups excluding carboxylic acids is 1. The minimum atomic E-state index is -3.77. The number of nitrogens with zero attached hydrogens (tertiary/aromatic N) is 1. The van der Waals surface area contributed by atoms with Gasteiger partial charge in [-0.05, 0) is 38.2 Å². The second kappa shape index (κ2) is 4.46. The number of thiophene rings is 1. The molecule has 0 aromatic carbocycles. The first kappa shape index (κ1) is 13.4. The summed E-state index contributed by atoms with van der Waals surface area (Å²) >= 11 is 1.21. The summed E-state index contributed by atoms with van der Waals surface area (Å²) in [6.07, 6.45) is 3.37. The molecule has 7 heteroatoms. The van der Waals surface area contributed by atoms with E-state index in [1.165, 1.54) is 23.8 Å². The lowest BCUT2D eigenvalue weighted by molar-refractivity contribution is 0.0708. The van der Waals surface area contributed by atoms with Crippen molar-refractivity contribution in [3.8, 4) is 0 Å². The second-order valence-electron chi connectivity index (χ2n) is 5.26. The number of piperidine rings is 1. The molecule has 0 radical (unpaired) electrons. The summed E-state index contributed by atoms with van der Waals surface area (Å²) in [5, 5.41) is 0. The third-order valence-corrected chi connectivity index (χ3v) is 6.63. The predicted octanol–water partition coefficient (Wildman–Crippen LogP) is 2.61. The van der Waals surface area contributed by atoms with Crippen molar-refractivity contribution in [2.24, 2.45) is 5.92 Å². The van der Waals surface area contributed by atoms with E-state index in [1.54, 1.807) is 6.92 Å². The van der Waals surface area contributed by atoms with E-state index in [-0.39, 0.29) is 10.8 Å². The van der Waals surface area contributed by atoms with Crippen molar-refractivity contribution in [1.82, 2.24) is 4.90 Å². The Morgan fingerprint density at radius 2 is 2.21 bits per heavy atom. The normalized spacial score (nSPS) is 26.1. The van der Waals surface area contributed by atoms with Gasteiger partial charge in [0.05, 0.1) is 9.77 Å². The van der Waals surface area contributed by atoms with Gasteiger partial charge in [-0.2, -0.15) is 0 Å². The summed E-state index contributed by atoms with van der Waals surface area (Å²) in [5.74, 6) is 0.582. The van der Waals surface area contributed by atoms with Crippen LogP contribution in [0.15, 0.2) is 11.0 Å². The lowest BCUT2D eigenvalue weighted by atomic mass is 10.1. The highest BCUT2D eigenvalue weighted by Gasteiger charge is 2.41. The summed E-state index contributed by atoms with van der Waals surface area (Å²) in [4.78, 5) is 15.4. The highest BCUT2D eigenvalue weighted by atomic mass is 35.7. The van der Waals surface area contributed by atoms with Gasteiger partial charge >= 0.3 is 0 Å². The van der Waals surface area contributed by atoms with Crippen molar-refractivity contribution in [3.63, 3.8) is 0 Å². The standard InChI is InChI=1S/C12H14ClNO3S2/c1-7-11(19(13,16)17)5-10(18-7)12(15)14-6-8-2-3-9(14)4-8/h5,8-9H,2-4,6H2,1H3. The molecule has 2 atom stereocenters. The number of hydrogen-bond acceptors (Lipinski definition) is 4. The van der Waals surface area contributed by atoms with Gasteiger partial charge in [0.1, 0.15) is 0 Å². The molecule has 1 saturated heterocycles. The Bertz CT molecular complexity index is 637. The Kier molecular flexibility index (Phi) is 3.15. The van der Waals surface area contributed by atoms with Crippen molar-refractivity contribution in [2.45, 2.75) is 37.1 Å². The first-order valence-electron chi connectivity index (χ1n) is 6.22. The van der Waals surface area contributed by atoms with Crippen LogP contribution in [0.5, 0.6) is 0 Å². The van der Waals surface area contributed by atoms with Crippen LogP contribution >= 0.6 is 22.0 Å². The van der Waals surface area contributed by atoms with Crippen LogP contribution in [-0.2, 0) is 9.05 Å². The molecule has 4 nitrogen and oxygen atoms in total. The van der Waals surface area contributed by atoms with E-state index in [0.717, 1.165) is 19.4 Å². The van der Waals surface area contributed by atoms with Gasteiger partial charge in [-0.25, -0.2) is 8.42 Å². The highest BCUT2D eigenvalue weighted by molar-refractivity contribution is 8.13. The maximum atomic E-state index is 12.4. The fourth-order valence-corrected chi connectivity index (χ4v) is 5.75. The molecule has 0 N–H and O–H groups in total. The Hall–Kier alpha value is -0.590. The number of rotatable bonds is 2. The average Bonchev–Trinajstić information content (AvgIpc) is 3.00. The van der Waals surface area contributed by atoms with Crippen molar-refractivity contribution >= 4 is 37.0 Å². The summed E-state index contributed by atoms with van der Waals surface area (Å²) < 4.78 is 22.8. The van der Waals surface area contributed by atoms with E-state index < -0.39 is 9.05 Å². The molecule has 1 saturated carbocycles. The Morgan fingerprint density at radius 1 is 1.47 bits per heavy atom. The average molecular weight is 320 g/mol. The van der Waals surface area contributed by atoms with Crippen LogP contribution in [0.2, 0.25) is 0 Å². The Balaban J connectivity index is 1.89. The molecule has 3 rings (SSSR count). The predicted molar refractivity (Wildman–Crippen MR) is 74.3 cm³/mol. The number of aryl methyl sites for hydroxylation is 1. The summed E-state index contributed by atoms with van der Waals surface area (Å²) in [7, 11) is 1.59. The van der Waals surface area contributed by atoms with Crippen LogP contribution in [0.1, 0.15) is 33.8 Å². The SMILES string of the molecule is Cc1sc(C(=O)N2CC3CCC2C3)cc1S(=O)(=O)Cl. The summed E-state index contributed by atoms with van der Waals surface area (Å²) in [5.41, 5.74) is 0. The molecular formula is C12H14ClNO3S2. The van der Waals surface area contributed by atoms with Crippen molar-refractivity contribution < 1.29 is 13.2 Å². The molecule has 1 amide bonds. The second-order valence-corrected chi connectivity index (χ2v) is 9.05. The summed E-state index contributed by atoms with van der Waals surface area (Å²) in [6, 6.07) is 1.76. The van der Waals surface area contributed by atoms with Crippen LogP contribution in [0.25, 0.3) is 0 Å². The van der Waals surface area contributed by atoms with Gasteiger partial charge in [-0.15, -0.1) is 11.3 Å². The van der Waals surface area contributed by atoms with E-state index in [2.05, 4.69) is 0 Å². The fourth-order valence-electron chi connectivity index (χ4n) is 3.13. The third-order valence-electron chi connectivity index (χ3n) is 4.02. The van der Waals surface area contributed by atoms with Crippen LogP contribution in [-0.4, -0.2) is 31.8 Å². The molecule has 104 valence electrons. The van der Waals surface area contributed by atoms with E-state index in [4.69, 9.17) is 10.7 Å². The molecule has 2 aliphatic rings. The molecule has 1 aliphatic heterocycles. The smallest absolute Gasteiger partial charge is 0.264 e. The van der Waals surface area contributed by atoms with Gasteiger partial charge in [0.2, 0.25) is 0 Å². The summed E-state index contributed by atoms with van der Waals surface area (Å²) in [6.45, 7) is 2.48. The zero-order valence-electron chi connectivity index (χ0n) is 10.4. The number of carbonyl (C=O) groups is 1. The maximum Gasteiger partial charge on any atom is 0.264 e. The largest absolute Gasteiger partial charge is 0.335 e. The minimum Gasteiger partial charge on any atom is -0.335 e. The van der Waals surface area contributed by atoms with Crippen molar-refractivity contribution in [2.75, 3.05) is 6.54 Å². The van der Waals surface area contributed by atoms with Gasteiger partial charge in [0, 0.05) is 28.1 Å². The fraction of sp³-hybridized carbons (Fsp3) is 0.583. The molecule has 0 spiro atoms. The van der Waals surface area contributed by atoms with Crippen LogP contribution in [0, 0.1) is 12.8 Å². The van der Waals surface area contributed by atoms with E-state index >= 15 is 0 Å². The third kappa shape index (κ3) is 2.30. The molecular weight excluding hydrogens is 306 g/mol. The number of hydrogen-bond donors (Lipinski definition) is 0. The first-order valence-corrected chi connectivity index (χ1v) is 9.35. The van der Waals surface area contributed by atoms with E-state index in [0.29, 0.717) is 21.7 Å². The number of likely N-dealkylation sites (tertiary alicyclic amines) is 1. The van der Waals surface area contributed by atoms with Crippen molar-refractivity contribution in [1.29, 1.82) is 0 Å². The first-order chi connectivity index (χ1) is 8.86. The van der Waals surface area contributed by atoms with Gasteiger partial charge in [-0.1, -0.05) is 0 Å². The van der Waals surface area contributed by atoms with E-state index in [9.17, 15) is 13.2 Å². The molecule has 1 aromatic heterocycles. The lowest BCUT2D eigenvalue weighted by Crippen LogP contribution is -2.37. The van der Waals surface area contributed by atoms with Gasteiger partial charge in [-0.3, -0.25) is 4.79 Å². The van der Waals surface area contributed by atoms with Crippen LogP contribution < -0.4 is 0 Å². The van der Waals surface area contributed by atoms with E-state index in [1.807, 2.05) is 4.90 Å². The molecule has 2 unspecified atom stereocenters. The molecule has 1 aromatic rings. The molecule has 2 fully saturated rings. The zero-order chi connectivity index (χ0) is 13.8. The van der Waals surface area contributed by atoms with Crippen molar-refractivity contribution in [3.05, 3.63) is 15.8 Å². The number of halogens is 1. The molecule has 2 bridgehead atoms. The number of amides is 1. The lowest BCUT2D eigenvalue weighted by Gasteiger charge is -2.26. The molecule has 19 heavy (non-hydrogen) atoms. The monoisotopic (exact) mass is 319 g/mol. The van der Waals surface area contributed by atoms with Gasteiger partial charge < -0.3 is 4.90 Å². The minimum absolute atomic E-state index is 0.0492. The Labute approximate surface area is 120 Å². The molecule has 2 heterocycles. The zero-order valence-corrected chi connectivity index (χ0v) is 12.8. The molecule has 1 aliphatic carbocycles.